The largest absolute Gasteiger partial charge is 0.450 e. The fourth-order valence-electron chi connectivity index (χ4n) is 3.43. The van der Waals surface area contributed by atoms with Crippen LogP contribution < -0.4 is 4.80 Å². The second-order valence-electron chi connectivity index (χ2n) is 7.27. The van der Waals surface area contributed by atoms with Gasteiger partial charge in [-0.2, -0.15) is 4.99 Å². The molecule has 0 bridgehead atoms. The highest BCUT2D eigenvalue weighted by atomic mass is 32.2. The van der Waals surface area contributed by atoms with Crippen molar-refractivity contribution in [2.45, 2.75) is 20.4 Å². The number of ether oxygens (including phenoxy) is 2. The van der Waals surface area contributed by atoms with Crippen molar-refractivity contribution < 1.29 is 23.9 Å². The number of fused-ring (bicyclic) bond motifs is 1. The van der Waals surface area contributed by atoms with E-state index in [1.807, 2.05) is 35.8 Å². The molecule has 1 saturated heterocycles. The third-order valence-electron chi connectivity index (χ3n) is 5.08. The van der Waals surface area contributed by atoms with Crippen molar-refractivity contribution in [3.05, 3.63) is 29.1 Å². The van der Waals surface area contributed by atoms with Gasteiger partial charge in [0.05, 0.1) is 34.9 Å². The van der Waals surface area contributed by atoms with Crippen molar-refractivity contribution in [1.82, 2.24) is 14.4 Å². The molecule has 11 heteroatoms. The molecule has 0 N–H and O–H groups in total. The smallest absolute Gasteiger partial charge is 0.409 e. The number of amides is 3. The van der Waals surface area contributed by atoms with Crippen LogP contribution in [0.3, 0.4) is 0 Å². The molecule has 1 aromatic carbocycles. The van der Waals surface area contributed by atoms with Gasteiger partial charge < -0.3 is 23.8 Å². The van der Waals surface area contributed by atoms with Crippen molar-refractivity contribution in [1.29, 1.82) is 0 Å². The highest BCUT2D eigenvalue weighted by Crippen LogP contribution is 2.17. The first-order chi connectivity index (χ1) is 16.0. The van der Waals surface area contributed by atoms with E-state index in [0.29, 0.717) is 57.3 Å². The molecular formula is C22H30N4O5S2. The summed E-state index contributed by atoms with van der Waals surface area (Å²) in [4.78, 5) is 45.0. The molecule has 0 unspecified atom stereocenters. The first-order valence-electron chi connectivity index (χ1n) is 11.0. The van der Waals surface area contributed by atoms with E-state index in [4.69, 9.17) is 9.47 Å². The minimum atomic E-state index is -0.342. The van der Waals surface area contributed by atoms with Crippen molar-refractivity contribution in [3.63, 3.8) is 0 Å². The van der Waals surface area contributed by atoms with Crippen LogP contribution in [0.4, 0.5) is 4.79 Å². The van der Waals surface area contributed by atoms with E-state index in [-0.39, 0.29) is 29.4 Å². The Kier molecular flexibility index (Phi) is 9.76. The Bertz CT molecular complexity index is 1030. The number of rotatable bonds is 9. The third-order valence-corrected chi connectivity index (χ3v) is 7.04. The fraction of sp³-hybridized carbons (Fsp3) is 0.545. The predicted octanol–water partition coefficient (Wildman–Crippen LogP) is 2.20. The van der Waals surface area contributed by atoms with Gasteiger partial charge in [-0.25, -0.2) is 4.79 Å². The molecule has 1 aliphatic heterocycles. The number of benzene rings is 1. The van der Waals surface area contributed by atoms with Gasteiger partial charge in [-0.3, -0.25) is 9.59 Å². The normalized spacial score (nSPS) is 14.7. The number of hydrogen-bond acceptors (Lipinski definition) is 7. The van der Waals surface area contributed by atoms with E-state index in [0.717, 1.165) is 10.2 Å². The van der Waals surface area contributed by atoms with Gasteiger partial charge in [0, 0.05) is 39.3 Å². The summed E-state index contributed by atoms with van der Waals surface area (Å²) in [5.74, 6) is 0.0349. The monoisotopic (exact) mass is 494 g/mol. The van der Waals surface area contributed by atoms with Gasteiger partial charge in [0.2, 0.25) is 5.91 Å². The Morgan fingerprint density at radius 1 is 1.03 bits per heavy atom. The first-order valence-corrected chi connectivity index (χ1v) is 13.0. The van der Waals surface area contributed by atoms with Crippen molar-refractivity contribution in [2.24, 2.45) is 4.99 Å². The molecule has 1 aliphatic rings. The number of nitrogens with zero attached hydrogens (tertiary/aromatic N) is 4. The van der Waals surface area contributed by atoms with Gasteiger partial charge >= 0.3 is 6.09 Å². The number of hydrogen-bond donors (Lipinski definition) is 0. The van der Waals surface area contributed by atoms with Crippen LogP contribution in [0.1, 0.15) is 13.8 Å². The maximum Gasteiger partial charge on any atom is 0.409 e. The number of thiazole rings is 1. The number of para-hydroxylation sites is 1. The van der Waals surface area contributed by atoms with Crippen LogP contribution in [0.25, 0.3) is 10.2 Å². The van der Waals surface area contributed by atoms with Crippen LogP contribution >= 0.6 is 23.1 Å². The molecule has 180 valence electrons. The van der Waals surface area contributed by atoms with E-state index in [2.05, 4.69) is 4.99 Å². The van der Waals surface area contributed by atoms with Crippen LogP contribution in [-0.2, 0) is 25.6 Å². The third kappa shape index (κ3) is 7.05. The zero-order valence-electron chi connectivity index (χ0n) is 19.0. The Balaban J connectivity index is 1.52. The van der Waals surface area contributed by atoms with Crippen molar-refractivity contribution in [2.75, 3.05) is 57.5 Å². The summed E-state index contributed by atoms with van der Waals surface area (Å²) in [6, 6.07) is 7.95. The van der Waals surface area contributed by atoms with Crippen LogP contribution in [0.2, 0.25) is 0 Å². The summed E-state index contributed by atoms with van der Waals surface area (Å²) in [5, 5.41) is 0. The van der Waals surface area contributed by atoms with Gasteiger partial charge in [-0.1, -0.05) is 23.5 Å². The highest BCUT2D eigenvalue weighted by molar-refractivity contribution is 8.00. The summed E-state index contributed by atoms with van der Waals surface area (Å²) < 4.78 is 13.5. The minimum absolute atomic E-state index is 0.0371. The molecule has 33 heavy (non-hydrogen) atoms. The van der Waals surface area contributed by atoms with Gasteiger partial charge in [-0.05, 0) is 26.0 Å². The molecule has 2 aromatic rings. The molecule has 0 atom stereocenters. The van der Waals surface area contributed by atoms with Crippen LogP contribution in [-0.4, -0.2) is 89.8 Å². The average Bonchev–Trinajstić information content (AvgIpc) is 3.16. The summed E-state index contributed by atoms with van der Waals surface area (Å²) in [6.07, 6.45) is -0.342. The Labute approximate surface area is 201 Å². The predicted molar refractivity (Wildman–Crippen MR) is 129 cm³/mol. The van der Waals surface area contributed by atoms with Crippen LogP contribution in [0.5, 0.6) is 0 Å². The van der Waals surface area contributed by atoms with Gasteiger partial charge in [-0.15, -0.1) is 11.8 Å². The van der Waals surface area contributed by atoms with E-state index < -0.39 is 0 Å². The lowest BCUT2D eigenvalue weighted by molar-refractivity contribution is -0.129. The lowest BCUT2D eigenvalue weighted by Gasteiger charge is -2.34. The fourth-order valence-corrected chi connectivity index (χ4v) is 5.20. The van der Waals surface area contributed by atoms with E-state index in [1.54, 1.807) is 16.7 Å². The standard InChI is InChI=1S/C22H30N4O5S2/c1-3-30-14-13-26-17-7-5-6-8-18(17)33-21(26)23-19(27)15-32-16-20(28)24-9-11-25(12-10-24)22(29)31-4-2/h5-8H,3-4,9-16H2,1-2H3. The lowest BCUT2D eigenvalue weighted by atomic mass is 10.3. The van der Waals surface area contributed by atoms with Crippen molar-refractivity contribution >= 4 is 51.2 Å². The summed E-state index contributed by atoms with van der Waals surface area (Å²) in [5.41, 5.74) is 1.03. The number of thioether (sulfide) groups is 1. The quantitative estimate of drug-likeness (QED) is 0.496. The molecule has 0 radical (unpaired) electrons. The minimum Gasteiger partial charge on any atom is -0.450 e. The van der Waals surface area contributed by atoms with Gasteiger partial charge in [0.15, 0.2) is 4.80 Å². The number of carbonyl (C=O) groups is 3. The maximum absolute atomic E-state index is 12.5. The molecule has 3 rings (SSSR count). The Morgan fingerprint density at radius 3 is 2.48 bits per heavy atom. The number of aromatic nitrogens is 1. The maximum atomic E-state index is 12.5. The SMILES string of the molecule is CCOCCn1c(=NC(=O)CSCC(=O)N2CCN(C(=O)OCC)CC2)sc2ccccc21. The topological polar surface area (TPSA) is 93.4 Å². The van der Waals surface area contributed by atoms with E-state index in [9.17, 15) is 14.4 Å². The molecule has 9 nitrogen and oxygen atoms in total. The zero-order chi connectivity index (χ0) is 23.6. The molecule has 2 heterocycles. The summed E-state index contributed by atoms with van der Waals surface area (Å²) in [6.45, 7) is 7.70. The number of carbonyl (C=O) groups excluding carboxylic acids is 3. The zero-order valence-corrected chi connectivity index (χ0v) is 20.7. The molecule has 3 amide bonds. The van der Waals surface area contributed by atoms with Crippen LogP contribution in [0, 0.1) is 0 Å². The van der Waals surface area contributed by atoms with Crippen LogP contribution in [0.15, 0.2) is 29.3 Å². The first kappa shape index (κ1) is 25.3. The Hall–Kier alpha value is -2.37. The average molecular weight is 495 g/mol. The Morgan fingerprint density at radius 2 is 1.76 bits per heavy atom. The van der Waals surface area contributed by atoms with E-state index >= 15 is 0 Å². The van der Waals surface area contributed by atoms with Gasteiger partial charge in [0.1, 0.15) is 0 Å². The molecule has 0 saturated carbocycles. The second kappa shape index (κ2) is 12.8. The second-order valence-corrected chi connectivity index (χ2v) is 9.26. The van der Waals surface area contributed by atoms with E-state index in [1.165, 1.54) is 23.1 Å². The highest BCUT2D eigenvalue weighted by Gasteiger charge is 2.24. The molecular weight excluding hydrogens is 464 g/mol. The molecule has 0 spiro atoms. The number of piperazine rings is 1. The van der Waals surface area contributed by atoms with Crippen molar-refractivity contribution in [3.8, 4) is 0 Å². The summed E-state index contributed by atoms with van der Waals surface area (Å²) >= 11 is 2.73. The molecule has 0 aliphatic carbocycles. The summed E-state index contributed by atoms with van der Waals surface area (Å²) in [7, 11) is 0. The molecule has 1 aromatic heterocycles. The molecule has 1 fully saturated rings. The van der Waals surface area contributed by atoms with Gasteiger partial charge in [0.25, 0.3) is 5.91 Å². The lowest BCUT2D eigenvalue weighted by Crippen LogP contribution is -2.51.